The van der Waals surface area contributed by atoms with E-state index in [1.165, 1.54) is 17.7 Å². The standard InChI is InChI=1S/C20H25NO3S/c1-14(2)12-16-8-10-17(11-9-16)15(3)21-20(22)18-6-5-7-19(13-18)25(4,23)24/h5-11,13-15H,12H2,1-4H3,(H,21,22)/t15-/m1/s1. The first kappa shape index (κ1) is 19.2. The highest BCUT2D eigenvalue weighted by molar-refractivity contribution is 7.90. The van der Waals surface area contributed by atoms with Crippen LogP contribution in [0.15, 0.2) is 53.4 Å². The average molecular weight is 359 g/mol. The molecule has 0 aliphatic heterocycles. The molecule has 5 heteroatoms. The topological polar surface area (TPSA) is 63.2 Å². The predicted octanol–water partition coefficient (Wildman–Crippen LogP) is 3.78. The van der Waals surface area contributed by atoms with Gasteiger partial charge in [-0.3, -0.25) is 4.79 Å². The normalized spacial score (nSPS) is 12.8. The number of amides is 1. The van der Waals surface area contributed by atoms with Gasteiger partial charge in [0.05, 0.1) is 10.9 Å². The van der Waals surface area contributed by atoms with Crippen molar-refractivity contribution in [2.75, 3.05) is 6.26 Å². The lowest BCUT2D eigenvalue weighted by atomic mass is 10.00. The summed E-state index contributed by atoms with van der Waals surface area (Å²) in [7, 11) is -3.33. The Hall–Kier alpha value is -2.14. The van der Waals surface area contributed by atoms with Crippen LogP contribution in [0.3, 0.4) is 0 Å². The molecule has 4 nitrogen and oxygen atoms in total. The predicted molar refractivity (Wildman–Crippen MR) is 100 cm³/mol. The molecule has 0 aromatic heterocycles. The van der Waals surface area contributed by atoms with E-state index in [0.717, 1.165) is 18.2 Å². The third kappa shape index (κ3) is 5.43. The SMILES string of the molecule is CC(C)Cc1ccc([C@@H](C)NC(=O)c2cccc(S(C)(=O)=O)c2)cc1. The van der Waals surface area contributed by atoms with Crippen LogP contribution in [0.1, 0.15) is 48.3 Å². The molecule has 0 heterocycles. The van der Waals surface area contributed by atoms with Gasteiger partial charge >= 0.3 is 0 Å². The van der Waals surface area contributed by atoms with Crippen LogP contribution in [0.5, 0.6) is 0 Å². The summed E-state index contributed by atoms with van der Waals surface area (Å²) in [6, 6.07) is 14.1. The van der Waals surface area contributed by atoms with Gasteiger partial charge in [0.25, 0.3) is 5.91 Å². The van der Waals surface area contributed by atoms with Crippen LogP contribution in [0, 0.1) is 5.92 Å². The number of carbonyl (C=O) groups excluding carboxylic acids is 1. The fraction of sp³-hybridized carbons (Fsp3) is 0.350. The smallest absolute Gasteiger partial charge is 0.251 e. The van der Waals surface area contributed by atoms with Crippen LogP contribution in [0.4, 0.5) is 0 Å². The van der Waals surface area contributed by atoms with Crippen molar-refractivity contribution in [2.45, 2.75) is 38.1 Å². The molecular weight excluding hydrogens is 334 g/mol. The highest BCUT2D eigenvalue weighted by atomic mass is 32.2. The molecule has 2 rings (SSSR count). The second kappa shape index (κ2) is 7.83. The minimum absolute atomic E-state index is 0.144. The first-order chi connectivity index (χ1) is 11.7. The van der Waals surface area contributed by atoms with Crippen molar-refractivity contribution in [1.82, 2.24) is 5.32 Å². The van der Waals surface area contributed by atoms with E-state index in [2.05, 4.69) is 31.3 Å². The van der Waals surface area contributed by atoms with Crippen LogP contribution in [0.25, 0.3) is 0 Å². The van der Waals surface area contributed by atoms with E-state index in [-0.39, 0.29) is 16.8 Å². The molecule has 0 unspecified atom stereocenters. The second-order valence-corrected chi connectivity index (χ2v) is 8.85. The molecule has 0 aliphatic carbocycles. The molecule has 2 aromatic rings. The van der Waals surface area contributed by atoms with Crippen molar-refractivity contribution in [3.8, 4) is 0 Å². The molecule has 1 atom stereocenters. The average Bonchev–Trinajstić information content (AvgIpc) is 2.54. The van der Waals surface area contributed by atoms with Crippen molar-refractivity contribution in [2.24, 2.45) is 5.92 Å². The highest BCUT2D eigenvalue weighted by Crippen LogP contribution is 2.17. The molecule has 0 aliphatic rings. The zero-order chi connectivity index (χ0) is 18.6. The molecule has 1 amide bonds. The van der Waals surface area contributed by atoms with Gasteiger partial charge in [0.1, 0.15) is 0 Å². The minimum atomic E-state index is -3.33. The number of hydrogen-bond donors (Lipinski definition) is 1. The first-order valence-corrected chi connectivity index (χ1v) is 10.3. The summed E-state index contributed by atoms with van der Waals surface area (Å²) in [5.74, 6) is 0.314. The Balaban J connectivity index is 2.10. The number of benzene rings is 2. The maximum atomic E-state index is 12.4. The summed E-state index contributed by atoms with van der Waals surface area (Å²) in [5, 5.41) is 2.92. The lowest BCUT2D eigenvalue weighted by Gasteiger charge is -2.15. The molecule has 0 radical (unpaired) electrons. The number of hydrogen-bond acceptors (Lipinski definition) is 3. The van der Waals surface area contributed by atoms with E-state index >= 15 is 0 Å². The van der Waals surface area contributed by atoms with Crippen LogP contribution in [-0.2, 0) is 16.3 Å². The van der Waals surface area contributed by atoms with E-state index in [0.29, 0.717) is 11.5 Å². The van der Waals surface area contributed by atoms with Crippen LogP contribution in [-0.4, -0.2) is 20.6 Å². The number of sulfone groups is 1. The van der Waals surface area contributed by atoms with Gasteiger partial charge in [0.15, 0.2) is 9.84 Å². The van der Waals surface area contributed by atoms with Crippen LogP contribution < -0.4 is 5.32 Å². The van der Waals surface area contributed by atoms with E-state index in [1.807, 2.05) is 19.1 Å². The lowest BCUT2D eigenvalue weighted by molar-refractivity contribution is 0.0939. The maximum Gasteiger partial charge on any atom is 0.251 e. The van der Waals surface area contributed by atoms with Gasteiger partial charge in [-0.05, 0) is 48.6 Å². The monoisotopic (exact) mass is 359 g/mol. The third-order valence-electron chi connectivity index (χ3n) is 4.00. The number of carbonyl (C=O) groups is 1. The molecule has 25 heavy (non-hydrogen) atoms. The van der Waals surface area contributed by atoms with Gasteiger partial charge in [0.2, 0.25) is 0 Å². The Bertz CT molecular complexity index is 839. The summed E-state index contributed by atoms with van der Waals surface area (Å²) < 4.78 is 23.3. The molecule has 0 saturated carbocycles. The molecule has 0 spiro atoms. The molecule has 0 saturated heterocycles. The maximum absolute atomic E-state index is 12.4. The van der Waals surface area contributed by atoms with Crippen LogP contribution in [0.2, 0.25) is 0 Å². The van der Waals surface area contributed by atoms with Gasteiger partial charge in [-0.2, -0.15) is 0 Å². The van der Waals surface area contributed by atoms with Gasteiger partial charge in [-0.15, -0.1) is 0 Å². The van der Waals surface area contributed by atoms with Gasteiger partial charge in [0, 0.05) is 11.8 Å². The number of nitrogens with one attached hydrogen (secondary N) is 1. The second-order valence-electron chi connectivity index (χ2n) is 6.83. The largest absolute Gasteiger partial charge is 0.346 e. The molecular formula is C20H25NO3S. The molecule has 134 valence electrons. The van der Waals surface area contributed by atoms with Gasteiger partial charge < -0.3 is 5.32 Å². The lowest BCUT2D eigenvalue weighted by Crippen LogP contribution is -2.26. The first-order valence-electron chi connectivity index (χ1n) is 8.36. The van der Waals surface area contributed by atoms with Crippen molar-refractivity contribution < 1.29 is 13.2 Å². The van der Waals surface area contributed by atoms with Gasteiger partial charge in [-0.1, -0.05) is 44.2 Å². The molecule has 0 bridgehead atoms. The minimum Gasteiger partial charge on any atom is -0.346 e. The van der Waals surface area contributed by atoms with E-state index in [9.17, 15) is 13.2 Å². The van der Waals surface area contributed by atoms with Crippen molar-refractivity contribution >= 4 is 15.7 Å². The molecule has 2 aromatic carbocycles. The highest BCUT2D eigenvalue weighted by Gasteiger charge is 2.14. The van der Waals surface area contributed by atoms with Crippen LogP contribution >= 0.6 is 0 Å². The van der Waals surface area contributed by atoms with E-state index < -0.39 is 9.84 Å². The number of rotatable bonds is 6. The zero-order valence-electron chi connectivity index (χ0n) is 15.1. The molecule has 0 fully saturated rings. The fourth-order valence-electron chi connectivity index (χ4n) is 2.65. The Labute approximate surface area is 150 Å². The fourth-order valence-corrected chi connectivity index (χ4v) is 3.31. The zero-order valence-corrected chi connectivity index (χ0v) is 15.9. The Morgan fingerprint density at radius 3 is 2.24 bits per heavy atom. The Kier molecular flexibility index (Phi) is 6.01. The Morgan fingerprint density at radius 2 is 1.68 bits per heavy atom. The van der Waals surface area contributed by atoms with E-state index in [1.54, 1.807) is 12.1 Å². The summed E-state index contributed by atoms with van der Waals surface area (Å²) in [6.45, 7) is 6.28. The summed E-state index contributed by atoms with van der Waals surface area (Å²) in [4.78, 5) is 12.6. The van der Waals surface area contributed by atoms with Crippen molar-refractivity contribution in [3.63, 3.8) is 0 Å². The summed E-state index contributed by atoms with van der Waals surface area (Å²) in [6.07, 6.45) is 2.16. The van der Waals surface area contributed by atoms with Crippen molar-refractivity contribution in [3.05, 3.63) is 65.2 Å². The third-order valence-corrected chi connectivity index (χ3v) is 5.11. The Morgan fingerprint density at radius 1 is 1.04 bits per heavy atom. The molecule has 1 N–H and O–H groups in total. The van der Waals surface area contributed by atoms with Gasteiger partial charge in [-0.25, -0.2) is 8.42 Å². The van der Waals surface area contributed by atoms with Crippen molar-refractivity contribution in [1.29, 1.82) is 0 Å². The summed E-state index contributed by atoms with van der Waals surface area (Å²) >= 11 is 0. The van der Waals surface area contributed by atoms with E-state index in [4.69, 9.17) is 0 Å². The quantitative estimate of drug-likeness (QED) is 0.854. The summed E-state index contributed by atoms with van der Waals surface area (Å²) in [5.41, 5.74) is 2.63.